The molecule has 0 aromatic heterocycles. The van der Waals surface area contributed by atoms with Crippen LogP contribution in [-0.4, -0.2) is 11.2 Å². The molecule has 2 rings (SSSR count). The van der Waals surface area contributed by atoms with Gasteiger partial charge in [-0.25, -0.2) is 4.39 Å². The minimum Gasteiger partial charge on any atom is -0.298 e. The molecule has 0 spiro atoms. The zero-order valence-corrected chi connectivity index (χ0v) is 10.2. The minimum absolute atomic E-state index is 0.0527. The van der Waals surface area contributed by atoms with Crippen molar-refractivity contribution in [2.45, 2.75) is 0 Å². The number of carbonyl (C=O) groups is 1. The number of rotatable bonds is 3. The number of carbonyl (C=O) groups excluding carboxylic acids is 1. The van der Waals surface area contributed by atoms with Gasteiger partial charge in [0.1, 0.15) is 5.82 Å². The van der Waals surface area contributed by atoms with Crippen molar-refractivity contribution in [2.24, 2.45) is 0 Å². The number of halogens is 2. The summed E-state index contributed by atoms with van der Waals surface area (Å²) in [5.41, 5.74) is 0.0846. The Balaban J connectivity index is 2.60. The average molecular weight is 280 g/mol. The van der Waals surface area contributed by atoms with E-state index in [0.717, 1.165) is 12.1 Å². The van der Waals surface area contributed by atoms with Gasteiger partial charge in [-0.05, 0) is 29.8 Å². The molecule has 6 heteroatoms. The molecule has 96 valence electrons. The number of hydrogen-bond acceptors (Lipinski definition) is 3. The maximum absolute atomic E-state index is 13.7. The van der Waals surface area contributed by atoms with Crippen LogP contribution in [0.15, 0.2) is 36.4 Å². The second kappa shape index (κ2) is 5.16. The van der Waals surface area contributed by atoms with Crippen LogP contribution < -0.4 is 0 Å². The number of benzene rings is 2. The normalized spacial score (nSPS) is 10.2. The van der Waals surface area contributed by atoms with Crippen LogP contribution >= 0.6 is 11.6 Å². The highest BCUT2D eigenvalue weighted by Gasteiger charge is 2.16. The van der Waals surface area contributed by atoms with Crippen molar-refractivity contribution in [1.82, 2.24) is 0 Å². The molecule has 0 bridgehead atoms. The third kappa shape index (κ3) is 2.61. The molecule has 0 unspecified atom stereocenters. The quantitative estimate of drug-likeness (QED) is 0.487. The molecule has 0 aliphatic heterocycles. The number of aldehydes is 1. The van der Waals surface area contributed by atoms with Crippen molar-refractivity contribution >= 4 is 23.6 Å². The van der Waals surface area contributed by atoms with Gasteiger partial charge in [-0.3, -0.25) is 14.9 Å². The highest BCUT2D eigenvalue weighted by Crippen LogP contribution is 2.29. The summed E-state index contributed by atoms with van der Waals surface area (Å²) in [5, 5.41) is 11.1. The van der Waals surface area contributed by atoms with Crippen molar-refractivity contribution in [3.63, 3.8) is 0 Å². The van der Waals surface area contributed by atoms with Crippen molar-refractivity contribution in [3.8, 4) is 11.1 Å². The second-order valence-electron chi connectivity index (χ2n) is 3.77. The Kier molecular flexibility index (Phi) is 3.57. The molecule has 19 heavy (non-hydrogen) atoms. The summed E-state index contributed by atoms with van der Waals surface area (Å²) in [6.07, 6.45) is 0.389. The first-order chi connectivity index (χ1) is 9.02. The Hall–Kier alpha value is -2.27. The second-order valence-corrected chi connectivity index (χ2v) is 4.21. The number of nitrogens with zero attached hydrogens (tertiary/aromatic N) is 1. The van der Waals surface area contributed by atoms with Crippen LogP contribution in [0.1, 0.15) is 10.4 Å². The van der Waals surface area contributed by atoms with Crippen LogP contribution in [0, 0.1) is 15.9 Å². The fourth-order valence-corrected chi connectivity index (χ4v) is 1.85. The Labute approximate surface area is 112 Å². The van der Waals surface area contributed by atoms with Crippen LogP contribution in [0.2, 0.25) is 5.02 Å². The molecule has 2 aromatic carbocycles. The number of nitro groups is 1. The lowest BCUT2D eigenvalue weighted by Gasteiger charge is -2.05. The smallest absolute Gasteiger partial charge is 0.280 e. The van der Waals surface area contributed by atoms with Gasteiger partial charge in [0.25, 0.3) is 5.69 Å². The predicted octanol–water partition coefficient (Wildman–Crippen LogP) is 3.87. The Morgan fingerprint density at radius 3 is 2.53 bits per heavy atom. The van der Waals surface area contributed by atoms with E-state index in [9.17, 15) is 19.3 Å². The molecule has 0 amide bonds. The lowest BCUT2D eigenvalue weighted by atomic mass is 10.0. The SMILES string of the molecule is O=Cc1ccc(-c2ccc(Cl)cc2F)cc1[N+](=O)[O-]. The van der Waals surface area contributed by atoms with Gasteiger partial charge in [0.15, 0.2) is 6.29 Å². The molecule has 2 aromatic rings. The highest BCUT2D eigenvalue weighted by molar-refractivity contribution is 6.30. The summed E-state index contributed by atoms with van der Waals surface area (Å²) in [5.74, 6) is -0.583. The van der Waals surface area contributed by atoms with Crippen molar-refractivity contribution in [2.75, 3.05) is 0 Å². The first kappa shape index (κ1) is 13.2. The van der Waals surface area contributed by atoms with E-state index in [0.29, 0.717) is 11.8 Å². The highest BCUT2D eigenvalue weighted by atomic mass is 35.5. The zero-order valence-electron chi connectivity index (χ0n) is 9.47. The zero-order chi connectivity index (χ0) is 14.0. The summed E-state index contributed by atoms with van der Waals surface area (Å²) in [4.78, 5) is 20.9. The number of hydrogen-bond donors (Lipinski definition) is 0. The van der Waals surface area contributed by atoms with Crippen LogP contribution in [0.4, 0.5) is 10.1 Å². The van der Waals surface area contributed by atoms with Gasteiger partial charge in [0.05, 0.1) is 10.5 Å². The molecule has 0 saturated carbocycles. The van der Waals surface area contributed by atoms with Crippen LogP contribution in [-0.2, 0) is 0 Å². The van der Waals surface area contributed by atoms with Gasteiger partial charge in [0.2, 0.25) is 0 Å². The largest absolute Gasteiger partial charge is 0.298 e. The van der Waals surface area contributed by atoms with Crippen molar-refractivity contribution in [3.05, 3.63) is 62.9 Å². The van der Waals surface area contributed by atoms with Crippen molar-refractivity contribution < 1.29 is 14.1 Å². The topological polar surface area (TPSA) is 60.2 Å². The van der Waals surface area contributed by atoms with Crippen molar-refractivity contribution in [1.29, 1.82) is 0 Å². The van der Waals surface area contributed by atoms with E-state index in [1.807, 2.05) is 0 Å². The molecule has 0 N–H and O–H groups in total. The molecule has 0 heterocycles. The first-order valence-corrected chi connectivity index (χ1v) is 5.60. The van der Waals surface area contributed by atoms with E-state index < -0.39 is 10.7 Å². The molecule has 4 nitrogen and oxygen atoms in total. The van der Waals surface area contributed by atoms with Gasteiger partial charge >= 0.3 is 0 Å². The van der Waals surface area contributed by atoms with Crippen LogP contribution in [0.5, 0.6) is 0 Å². The fourth-order valence-electron chi connectivity index (χ4n) is 1.69. The summed E-state index contributed by atoms with van der Waals surface area (Å²) in [6.45, 7) is 0. The van der Waals surface area contributed by atoms with Gasteiger partial charge < -0.3 is 0 Å². The van der Waals surface area contributed by atoms with Gasteiger partial charge in [0, 0.05) is 16.7 Å². The Bertz CT molecular complexity index is 673. The standard InChI is InChI=1S/C13H7ClFNO3/c14-10-3-4-11(12(15)6-10)8-1-2-9(7-17)13(5-8)16(18)19/h1-7H. The summed E-state index contributed by atoms with van der Waals surface area (Å²) < 4.78 is 13.7. The lowest BCUT2D eigenvalue weighted by Crippen LogP contribution is -1.95. The minimum atomic E-state index is -0.680. The van der Waals surface area contributed by atoms with E-state index in [1.54, 1.807) is 0 Å². The number of nitro benzene ring substituents is 1. The maximum Gasteiger partial charge on any atom is 0.280 e. The lowest BCUT2D eigenvalue weighted by molar-refractivity contribution is -0.385. The molecular formula is C13H7ClFNO3. The summed E-state index contributed by atoms with van der Waals surface area (Å²) in [6, 6.07) is 7.93. The average Bonchev–Trinajstić information content (AvgIpc) is 2.38. The van der Waals surface area contributed by atoms with E-state index in [4.69, 9.17) is 11.6 Å². The molecule has 0 radical (unpaired) electrons. The first-order valence-electron chi connectivity index (χ1n) is 5.22. The Morgan fingerprint density at radius 2 is 1.95 bits per heavy atom. The molecule has 0 fully saturated rings. The van der Waals surface area contributed by atoms with Crippen LogP contribution in [0.25, 0.3) is 11.1 Å². The van der Waals surface area contributed by atoms with Gasteiger partial charge in [-0.15, -0.1) is 0 Å². The molecule has 0 saturated heterocycles. The fraction of sp³-hybridized carbons (Fsp3) is 0. The summed E-state index contributed by atoms with van der Waals surface area (Å²) in [7, 11) is 0. The van der Waals surface area contributed by atoms with E-state index in [2.05, 4.69) is 0 Å². The van der Waals surface area contributed by atoms with E-state index >= 15 is 0 Å². The predicted molar refractivity (Wildman–Crippen MR) is 68.9 cm³/mol. The molecule has 0 aliphatic carbocycles. The van der Waals surface area contributed by atoms with Gasteiger partial charge in [-0.2, -0.15) is 0 Å². The third-order valence-corrected chi connectivity index (χ3v) is 2.83. The third-order valence-electron chi connectivity index (χ3n) is 2.60. The van der Waals surface area contributed by atoms with Gasteiger partial charge in [-0.1, -0.05) is 17.7 Å². The van der Waals surface area contributed by atoms with Crippen LogP contribution in [0.3, 0.4) is 0 Å². The Morgan fingerprint density at radius 1 is 1.21 bits per heavy atom. The molecular weight excluding hydrogens is 273 g/mol. The maximum atomic E-state index is 13.7. The van der Waals surface area contributed by atoms with E-state index in [1.165, 1.54) is 24.3 Å². The molecule has 0 aliphatic rings. The summed E-state index contributed by atoms with van der Waals surface area (Å²) >= 11 is 5.64. The molecule has 0 atom stereocenters. The van der Waals surface area contributed by atoms with E-state index in [-0.39, 0.29) is 21.8 Å². The monoisotopic (exact) mass is 279 g/mol.